The Kier molecular flexibility index (Phi) is 11.0. The Labute approximate surface area is 256 Å². The maximum absolute atomic E-state index is 13.1. The van der Waals surface area contributed by atoms with Crippen LogP contribution in [0.4, 0.5) is 9.59 Å². The van der Waals surface area contributed by atoms with Gasteiger partial charge in [0.05, 0.1) is 6.54 Å². The van der Waals surface area contributed by atoms with Crippen molar-refractivity contribution in [1.29, 1.82) is 0 Å². The van der Waals surface area contributed by atoms with Crippen LogP contribution in [0.5, 0.6) is 0 Å². The van der Waals surface area contributed by atoms with Crippen molar-refractivity contribution >= 4 is 30.0 Å². The normalized spacial score (nSPS) is 13.9. The molecule has 12 nitrogen and oxygen atoms in total. The molecule has 0 heterocycles. The highest BCUT2D eigenvalue weighted by molar-refractivity contribution is 5.90. The molecule has 0 saturated carbocycles. The van der Waals surface area contributed by atoms with Crippen LogP contribution in [-0.4, -0.2) is 71.6 Å². The zero-order valence-electron chi connectivity index (χ0n) is 25.9. The maximum atomic E-state index is 13.1. The molecule has 2 aromatic rings. The highest BCUT2D eigenvalue weighted by Crippen LogP contribution is 2.44. The van der Waals surface area contributed by atoms with E-state index in [4.69, 9.17) is 14.2 Å². The van der Waals surface area contributed by atoms with E-state index >= 15 is 0 Å². The van der Waals surface area contributed by atoms with Crippen molar-refractivity contribution < 1.29 is 43.3 Å². The second-order valence-electron chi connectivity index (χ2n) is 12.4. The molecule has 0 saturated heterocycles. The van der Waals surface area contributed by atoms with Crippen LogP contribution < -0.4 is 16.0 Å². The number of alkyl carbamates (subject to hydrolysis) is 2. The van der Waals surface area contributed by atoms with Gasteiger partial charge in [-0.2, -0.15) is 0 Å². The number of carbonyl (C=O) groups excluding carboxylic acids is 4. The van der Waals surface area contributed by atoms with Gasteiger partial charge in [0.1, 0.15) is 29.9 Å². The molecule has 2 aromatic carbocycles. The summed E-state index contributed by atoms with van der Waals surface area (Å²) in [6.45, 7) is 9.53. The molecule has 0 fully saturated rings. The second-order valence-corrected chi connectivity index (χ2v) is 12.4. The molecule has 0 aromatic heterocycles. The third kappa shape index (κ3) is 9.99. The third-order valence-electron chi connectivity index (χ3n) is 6.47. The van der Waals surface area contributed by atoms with E-state index in [1.54, 1.807) is 41.5 Å². The fourth-order valence-electron chi connectivity index (χ4n) is 4.68. The largest absolute Gasteiger partial charge is 0.480 e. The molecule has 4 N–H and O–H groups in total. The van der Waals surface area contributed by atoms with Crippen LogP contribution in [0.3, 0.4) is 0 Å². The molecular weight excluding hydrogens is 570 g/mol. The maximum Gasteiger partial charge on any atom is 0.408 e. The quantitative estimate of drug-likeness (QED) is 0.216. The number of hydrogen-bond donors (Lipinski definition) is 4. The number of benzene rings is 2. The van der Waals surface area contributed by atoms with E-state index in [2.05, 4.69) is 16.0 Å². The number of hydrogen-bond acceptors (Lipinski definition) is 8. The lowest BCUT2D eigenvalue weighted by Gasteiger charge is -2.25. The zero-order valence-corrected chi connectivity index (χ0v) is 25.9. The summed E-state index contributed by atoms with van der Waals surface area (Å²) >= 11 is 0. The van der Waals surface area contributed by atoms with Crippen LogP contribution >= 0.6 is 0 Å². The van der Waals surface area contributed by atoms with Crippen molar-refractivity contribution in [2.24, 2.45) is 0 Å². The summed E-state index contributed by atoms with van der Waals surface area (Å²) in [4.78, 5) is 62.3. The molecule has 1 aliphatic rings. The predicted octanol–water partition coefficient (Wildman–Crippen LogP) is 4.11. The van der Waals surface area contributed by atoms with E-state index in [-0.39, 0.29) is 25.4 Å². The van der Waals surface area contributed by atoms with E-state index in [9.17, 15) is 29.1 Å². The van der Waals surface area contributed by atoms with Gasteiger partial charge in [0.25, 0.3) is 0 Å². The van der Waals surface area contributed by atoms with Crippen LogP contribution in [0.15, 0.2) is 48.5 Å². The summed E-state index contributed by atoms with van der Waals surface area (Å²) in [5.41, 5.74) is 2.53. The lowest BCUT2D eigenvalue weighted by Crippen LogP contribution is -2.56. The van der Waals surface area contributed by atoms with Crippen LogP contribution in [0.25, 0.3) is 11.1 Å². The minimum Gasteiger partial charge on any atom is -0.480 e. The van der Waals surface area contributed by atoms with Gasteiger partial charge in [-0.3, -0.25) is 9.59 Å². The summed E-state index contributed by atoms with van der Waals surface area (Å²) in [5.74, 6) is -3.11. The summed E-state index contributed by atoms with van der Waals surface area (Å²) in [7, 11) is 0. The monoisotopic (exact) mass is 611 g/mol. The first-order valence-corrected chi connectivity index (χ1v) is 14.4. The Morgan fingerprint density at radius 3 is 1.84 bits per heavy atom. The van der Waals surface area contributed by atoms with Gasteiger partial charge in [-0.25, -0.2) is 14.4 Å². The lowest BCUT2D eigenvalue weighted by atomic mass is 9.98. The molecule has 0 aliphatic heterocycles. The number of carbonyl (C=O) groups is 5. The van der Waals surface area contributed by atoms with E-state index in [1.165, 1.54) is 0 Å². The molecule has 3 amide bonds. The van der Waals surface area contributed by atoms with Crippen molar-refractivity contribution in [3.63, 3.8) is 0 Å². The number of carboxylic acids is 1. The second kappa shape index (κ2) is 14.2. The average Bonchev–Trinajstić information content (AvgIpc) is 3.23. The molecule has 0 bridgehead atoms. The van der Waals surface area contributed by atoms with E-state index in [0.717, 1.165) is 22.3 Å². The number of fused-ring (bicyclic) bond motifs is 3. The number of nitrogens with one attached hydrogen (secondary N) is 3. The minimum atomic E-state index is -1.47. The van der Waals surface area contributed by atoms with Gasteiger partial charge in [0.2, 0.25) is 5.91 Å². The molecule has 3 rings (SSSR count). The first-order valence-electron chi connectivity index (χ1n) is 14.4. The molecule has 0 unspecified atom stereocenters. The Morgan fingerprint density at radius 2 is 1.32 bits per heavy atom. The van der Waals surface area contributed by atoms with Gasteiger partial charge in [-0.15, -0.1) is 0 Å². The molecule has 0 radical (unpaired) electrons. The van der Waals surface area contributed by atoms with Crippen LogP contribution in [0, 0.1) is 0 Å². The molecular formula is C32H41N3O9. The number of amides is 3. The smallest absolute Gasteiger partial charge is 0.408 e. The predicted molar refractivity (Wildman–Crippen MR) is 161 cm³/mol. The van der Waals surface area contributed by atoms with E-state index in [1.807, 2.05) is 48.5 Å². The van der Waals surface area contributed by atoms with Gasteiger partial charge in [-0.05, 0) is 70.2 Å². The van der Waals surface area contributed by atoms with Gasteiger partial charge >= 0.3 is 24.1 Å². The highest BCUT2D eigenvalue weighted by Gasteiger charge is 2.31. The average molecular weight is 612 g/mol. The van der Waals surface area contributed by atoms with Crippen LogP contribution in [0.2, 0.25) is 0 Å². The Hall–Kier alpha value is -4.61. The van der Waals surface area contributed by atoms with E-state index in [0.29, 0.717) is 0 Å². The topological polar surface area (TPSA) is 169 Å². The SMILES string of the molecule is CC(C)(C)OC(=O)CC[C@@H](NC(=O)[C@@H](CNC(=O)OCC1c2ccccc2-c2ccccc21)NC(=O)OC(C)(C)C)C(=O)O. The first-order chi connectivity index (χ1) is 20.5. The first kappa shape index (κ1) is 33.9. The molecule has 238 valence electrons. The summed E-state index contributed by atoms with van der Waals surface area (Å²) in [6.07, 6.45) is -2.31. The summed E-state index contributed by atoms with van der Waals surface area (Å²) in [6, 6.07) is 12.8. The van der Waals surface area contributed by atoms with Gasteiger partial charge in [-0.1, -0.05) is 48.5 Å². The number of aliphatic carboxylic acids is 1. The van der Waals surface area contributed by atoms with Crippen LogP contribution in [-0.2, 0) is 28.6 Å². The molecule has 0 spiro atoms. The number of rotatable bonds is 11. The zero-order chi connectivity index (χ0) is 32.7. The molecule has 12 heteroatoms. The highest BCUT2D eigenvalue weighted by atomic mass is 16.6. The van der Waals surface area contributed by atoms with Gasteiger partial charge in [0.15, 0.2) is 0 Å². The standard InChI is InChI=1S/C32H41N3O9/c1-31(2,3)43-26(36)16-15-24(28(38)39)34-27(37)25(35-30(41)44-32(4,5)6)17-33-29(40)42-18-23-21-13-9-7-11-19(21)20-12-8-10-14-22(20)23/h7-14,23-25H,15-18H2,1-6H3,(H,33,40)(H,34,37)(H,35,41)(H,38,39)/t24-,25-/m1/s1. The van der Waals surface area contributed by atoms with Crippen LogP contribution in [0.1, 0.15) is 71.4 Å². The Morgan fingerprint density at radius 1 is 0.773 bits per heavy atom. The molecule has 1 aliphatic carbocycles. The molecule has 2 atom stereocenters. The lowest BCUT2D eigenvalue weighted by molar-refractivity contribution is -0.155. The Balaban J connectivity index is 1.64. The number of carboxylic acid groups (broad SMARTS) is 1. The summed E-state index contributed by atoms with van der Waals surface area (Å²) in [5, 5.41) is 16.8. The van der Waals surface area contributed by atoms with Gasteiger partial charge in [0, 0.05) is 12.3 Å². The fourth-order valence-corrected chi connectivity index (χ4v) is 4.68. The fraction of sp³-hybridized carbons (Fsp3) is 0.469. The van der Waals surface area contributed by atoms with Crippen molar-refractivity contribution in [3.05, 3.63) is 59.7 Å². The van der Waals surface area contributed by atoms with Crippen molar-refractivity contribution in [3.8, 4) is 11.1 Å². The molecule has 44 heavy (non-hydrogen) atoms. The number of esters is 1. The Bertz CT molecular complexity index is 1330. The van der Waals surface area contributed by atoms with Crippen molar-refractivity contribution in [1.82, 2.24) is 16.0 Å². The number of ether oxygens (including phenoxy) is 3. The van der Waals surface area contributed by atoms with E-state index < -0.39 is 59.9 Å². The third-order valence-corrected chi connectivity index (χ3v) is 6.47. The van der Waals surface area contributed by atoms with Crippen molar-refractivity contribution in [2.45, 2.75) is 83.6 Å². The van der Waals surface area contributed by atoms with Crippen molar-refractivity contribution in [2.75, 3.05) is 13.2 Å². The summed E-state index contributed by atoms with van der Waals surface area (Å²) < 4.78 is 15.9. The minimum absolute atomic E-state index is 0.0297. The van der Waals surface area contributed by atoms with Gasteiger partial charge < -0.3 is 35.3 Å².